The zero-order chi connectivity index (χ0) is 14.6. The van der Waals surface area contributed by atoms with Crippen LogP contribution in [0.25, 0.3) is 0 Å². The lowest BCUT2D eigenvalue weighted by atomic mass is 10.1. The van der Waals surface area contributed by atoms with E-state index >= 15 is 0 Å². The van der Waals surface area contributed by atoms with Crippen molar-refractivity contribution < 1.29 is 33.7 Å². The fourth-order valence-corrected chi connectivity index (χ4v) is 2.24. The van der Waals surface area contributed by atoms with Gasteiger partial charge in [-0.25, -0.2) is 0 Å². The molecule has 0 bridgehead atoms. The molecule has 7 nitrogen and oxygen atoms in total. The molecule has 0 spiro atoms. The van der Waals surface area contributed by atoms with Gasteiger partial charge in [-0.1, -0.05) is 0 Å². The maximum atomic E-state index is 11.1. The van der Waals surface area contributed by atoms with E-state index in [1.807, 2.05) is 0 Å². The minimum Gasteiger partial charge on any atom is -0.458 e. The van der Waals surface area contributed by atoms with E-state index in [0.717, 1.165) is 0 Å². The molecule has 0 unspecified atom stereocenters. The number of esters is 3. The number of hydrogen-bond acceptors (Lipinski definition) is 7. The third kappa shape index (κ3) is 4.20. The summed E-state index contributed by atoms with van der Waals surface area (Å²) < 4.78 is 15.2. The second-order valence-electron chi connectivity index (χ2n) is 4.47. The molecule has 0 aliphatic heterocycles. The maximum Gasteiger partial charge on any atom is 0.303 e. The number of aliphatic hydroxyl groups is 1. The quantitative estimate of drug-likeness (QED) is 0.559. The van der Waals surface area contributed by atoms with Gasteiger partial charge in [0.15, 0.2) is 6.10 Å². The summed E-state index contributed by atoms with van der Waals surface area (Å²) in [6.45, 7) is 3.41. The molecule has 19 heavy (non-hydrogen) atoms. The fraction of sp³-hybridized carbons (Fsp3) is 0.750. The first-order valence-corrected chi connectivity index (χ1v) is 5.97. The molecular formula is C12H18O7. The Hall–Kier alpha value is -1.63. The topological polar surface area (TPSA) is 99.1 Å². The van der Waals surface area contributed by atoms with Crippen molar-refractivity contribution in [1.29, 1.82) is 0 Å². The molecule has 1 aliphatic rings. The summed E-state index contributed by atoms with van der Waals surface area (Å²) in [5.41, 5.74) is 0. The van der Waals surface area contributed by atoms with E-state index in [1.165, 1.54) is 20.8 Å². The Morgan fingerprint density at radius 1 is 0.947 bits per heavy atom. The summed E-state index contributed by atoms with van der Waals surface area (Å²) >= 11 is 0. The number of rotatable bonds is 4. The third-order valence-electron chi connectivity index (χ3n) is 2.85. The van der Waals surface area contributed by atoms with E-state index < -0.39 is 42.1 Å². The zero-order valence-corrected chi connectivity index (χ0v) is 11.1. The first-order valence-electron chi connectivity index (χ1n) is 5.97. The van der Waals surface area contributed by atoms with Crippen molar-refractivity contribution in [3.05, 3.63) is 0 Å². The Bertz CT molecular complexity index is 365. The molecule has 0 saturated heterocycles. The van der Waals surface area contributed by atoms with Gasteiger partial charge in [-0.2, -0.15) is 0 Å². The number of ether oxygens (including phenoxy) is 3. The minimum atomic E-state index is -0.887. The minimum absolute atomic E-state index is 0.256. The fourth-order valence-electron chi connectivity index (χ4n) is 2.24. The molecule has 1 saturated carbocycles. The van der Waals surface area contributed by atoms with Crippen molar-refractivity contribution in [2.75, 3.05) is 6.61 Å². The Kier molecular flexibility index (Phi) is 5.29. The predicted octanol–water partition coefficient (Wildman–Crippen LogP) is -0.206. The Morgan fingerprint density at radius 2 is 1.42 bits per heavy atom. The van der Waals surface area contributed by atoms with Crippen LogP contribution in [0.4, 0.5) is 0 Å². The highest BCUT2D eigenvalue weighted by Gasteiger charge is 2.49. The average molecular weight is 274 g/mol. The third-order valence-corrected chi connectivity index (χ3v) is 2.85. The first kappa shape index (κ1) is 15.4. The monoisotopic (exact) mass is 274 g/mol. The van der Waals surface area contributed by atoms with Crippen molar-refractivity contribution in [3.8, 4) is 0 Å². The van der Waals surface area contributed by atoms with Crippen molar-refractivity contribution in [3.63, 3.8) is 0 Å². The van der Waals surface area contributed by atoms with Crippen molar-refractivity contribution in [1.82, 2.24) is 0 Å². The van der Waals surface area contributed by atoms with Gasteiger partial charge in [0.2, 0.25) is 0 Å². The number of carbonyl (C=O) groups excluding carboxylic acids is 3. The normalized spacial score (nSPS) is 29.7. The average Bonchev–Trinajstić information content (AvgIpc) is 2.55. The van der Waals surface area contributed by atoms with E-state index in [-0.39, 0.29) is 13.0 Å². The zero-order valence-electron chi connectivity index (χ0n) is 11.1. The summed E-state index contributed by atoms with van der Waals surface area (Å²) in [6, 6.07) is 0. The van der Waals surface area contributed by atoms with Gasteiger partial charge in [0.25, 0.3) is 0 Å². The summed E-state index contributed by atoms with van der Waals surface area (Å²) in [4.78, 5) is 33.2. The molecule has 1 fully saturated rings. The van der Waals surface area contributed by atoms with Crippen molar-refractivity contribution in [2.45, 2.75) is 45.5 Å². The van der Waals surface area contributed by atoms with Crippen LogP contribution in [-0.2, 0) is 28.6 Å². The summed E-state index contributed by atoms with van der Waals surface area (Å²) in [6.07, 6.45) is -2.15. The van der Waals surface area contributed by atoms with Crippen LogP contribution in [0.3, 0.4) is 0 Å². The van der Waals surface area contributed by atoms with Gasteiger partial charge in [-0.3, -0.25) is 14.4 Å². The van der Waals surface area contributed by atoms with Crippen LogP contribution in [0.1, 0.15) is 27.2 Å². The lowest BCUT2D eigenvalue weighted by Gasteiger charge is -2.25. The van der Waals surface area contributed by atoms with E-state index in [4.69, 9.17) is 14.2 Å². The molecule has 0 aromatic carbocycles. The van der Waals surface area contributed by atoms with E-state index in [9.17, 15) is 19.5 Å². The summed E-state index contributed by atoms with van der Waals surface area (Å²) in [7, 11) is 0. The van der Waals surface area contributed by atoms with Gasteiger partial charge in [0.05, 0.1) is 0 Å². The summed E-state index contributed by atoms with van der Waals surface area (Å²) in [5.74, 6) is -2.08. The van der Waals surface area contributed by atoms with Crippen LogP contribution < -0.4 is 0 Å². The van der Waals surface area contributed by atoms with E-state index in [1.54, 1.807) is 0 Å². The van der Waals surface area contributed by atoms with Gasteiger partial charge in [-0.05, 0) is 6.42 Å². The van der Waals surface area contributed by atoms with E-state index in [0.29, 0.717) is 0 Å². The van der Waals surface area contributed by atoms with Gasteiger partial charge >= 0.3 is 17.9 Å². The molecule has 0 heterocycles. The molecule has 0 aromatic heterocycles. The molecule has 1 aliphatic carbocycles. The predicted molar refractivity (Wildman–Crippen MR) is 61.9 cm³/mol. The lowest BCUT2D eigenvalue weighted by Crippen LogP contribution is -2.40. The number of carbonyl (C=O) groups is 3. The Balaban J connectivity index is 2.90. The SMILES string of the molecule is CC(=O)O[C@H]1[C@@H](CO)C[C@H](OC(C)=O)[C@H]1OC(C)=O. The van der Waals surface area contributed by atoms with Crippen LogP contribution in [0.5, 0.6) is 0 Å². The maximum absolute atomic E-state index is 11.1. The second kappa shape index (κ2) is 6.51. The van der Waals surface area contributed by atoms with E-state index in [2.05, 4.69) is 0 Å². The Labute approximate surface area is 110 Å². The van der Waals surface area contributed by atoms with Gasteiger partial charge in [-0.15, -0.1) is 0 Å². The first-order chi connectivity index (χ1) is 8.85. The van der Waals surface area contributed by atoms with Gasteiger partial charge in [0.1, 0.15) is 12.2 Å². The lowest BCUT2D eigenvalue weighted by molar-refractivity contribution is -0.176. The molecule has 1 N–H and O–H groups in total. The largest absolute Gasteiger partial charge is 0.458 e. The van der Waals surface area contributed by atoms with Gasteiger partial charge < -0.3 is 19.3 Å². The number of hydrogen-bond donors (Lipinski definition) is 1. The van der Waals surface area contributed by atoms with Crippen molar-refractivity contribution >= 4 is 17.9 Å². The van der Waals surface area contributed by atoms with Crippen LogP contribution in [0.2, 0.25) is 0 Å². The molecule has 0 radical (unpaired) electrons. The van der Waals surface area contributed by atoms with Crippen LogP contribution in [-0.4, -0.2) is 47.9 Å². The molecule has 7 heteroatoms. The molecular weight excluding hydrogens is 256 g/mol. The van der Waals surface area contributed by atoms with Gasteiger partial charge in [0, 0.05) is 33.3 Å². The molecule has 0 aromatic rings. The molecule has 4 atom stereocenters. The molecule has 1 rings (SSSR count). The highest BCUT2D eigenvalue weighted by atomic mass is 16.6. The number of aliphatic hydroxyl groups excluding tert-OH is 1. The summed E-state index contributed by atoms with van der Waals surface area (Å²) in [5, 5.41) is 9.28. The van der Waals surface area contributed by atoms with Crippen LogP contribution >= 0.6 is 0 Å². The van der Waals surface area contributed by atoms with Crippen LogP contribution in [0.15, 0.2) is 0 Å². The molecule has 108 valence electrons. The molecule has 0 amide bonds. The smallest absolute Gasteiger partial charge is 0.303 e. The highest BCUT2D eigenvalue weighted by molar-refractivity contribution is 5.68. The standard InChI is InChI=1S/C12H18O7/c1-6(14)17-10-4-9(5-13)11(18-7(2)15)12(10)19-8(3)16/h9-13H,4-5H2,1-3H3/t9-,10+,11+,12-/m1/s1. The second-order valence-corrected chi connectivity index (χ2v) is 4.47. The highest BCUT2D eigenvalue weighted by Crippen LogP contribution is 2.33. The Morgan fingerprint density at radius 3 is 1.84 bits per heavy atom. The van der Waals surface area contributed by atoms with Crippen molar-refractivity contribution in [2.24, 2.45) is 5.92 Å². The van der Waals surface area contributed by atoms with Crippen LogP contribution in [0, 0.1) is 5.92 Å².